The third-order valence-corrected chi connectivity index (χ3v) is 13.9. The van der Waals surface area contributed by atoms with Crippen LogP contribution in [-0.2, 0) is 0 Å². The van der Waals surface area contributed by atoms with Crippen molar-refractivity contribution >= 4 is 92.3 Å². The zero-order valence-corrected chi connectivity index (χ0v) is 35.5. The second kappa shape index (κ2) is 14.7. The van der Waals surface area contributed by atoms with Crippen LogP contribution in [0.5, 0.6) is 0 Å². The average Bonchev–Trinajstić information content (AvgIpc) is 4.04. The van der Waals surface area contributed by atoms with Gasteiger partial charge in [0.1, 0.15) is 11.2 Å². The van der Waals surface area contributed by atoms with Crippen LogP contribution in [0.2, 0.25) is 0 Å². The summed E-state index contributed by atoms with van der Waals surface area (Å²) in [6.07, 6.45) is 0. The second-order valence-electron chi connectivity index (χ2n) is 16.4. The molecule has 3 heterocycles. The van der Waals surface area contributed by atoms with Gasteiger partial charge < -0.3 is 13.9 Å². The molecule has 0 atom stereocenters. The molecule has 0 fully saturated rings. The lowest BCUT2D eigenvalue weighted by atomic mass is 9.93. The van der Waals surface area contributed by atoms with Crippen LogP contribution < -0.4 is 4.90 Å². The van der Waals surface area contributed by atoms with Crippen molar-refractivity contribution in [3.05, 3.63) is 231 Å². The Labute approximate surface area is 373 Å². The summed E-state index contributed by atoms with van der Waals surface area (Å²) in [7, 11) is 0. The molecule has 0 unspecified atom stereocenters. The molecule has 3 nitrogen and oxygen atoms in total. The van der Waals surface area contributed by atoms with Gasteiger partial charge in [0.2, 0.25) is 0 Å². The van der Waals surface area contributed by atoms with Gasteiger partial charge >= 0.3 is 0 Å². The minimum atomic E-state index is 0.869. The van der Waals surface area contributed by atoms with Gasteiger partial charge in [-0.1, -0.05) is 164 Å². The maximum atomic E-state index is 6.76. The van der Waals surface area contributed by atoms with Gasteiger partial charge in [-0.2, -0.15) is 0 Å². The fourth-order valence-electron chi connectivity index (χ4n) is 9.93. The number of thiophene rings is 1. The molecule has 0 amide bonds. The molecule has 0 saturated heterocycles. The van der Waals surface area contributed by atoms with Gasteiger partial charge in [-0.3, -0.25) is 0 Å². The number of fused-ring (bicyclic) bond motifs is 9. The Kier molecular flexibility index (Phi) is 8.40. The molecule has 4 heteroatoms. The minimum absolute atomic E-state index is 0.869. The highest BCUT2D eigenvalue weighted by Crippen LogP contribution is 2.48. The van der Waals surface area contributed by atoms with E-state index in [1.165, 1.54) is 53.2 Å². The summed E-state index contributed by atoms with van der Waals surface area (Å²) in [6.45, 7) is 0. The van der Waals surface area contributed by atoms with Crippen molar-refractivity contribution in [2.75, 3.05) is 4.90 Å². The van der Waals surface area contributed by atoms with Crippen LogP contribution in [0.25, 0.3) is 103 Å². The Hall–Kier alpha value is -8.18. The molecule has 0 aliphatic heterocycles. The van der Waals surface area contributed by atoms with Crippen LogP contribution in [0.15, 0.2) is 235 Å². The van der Waals surface area contributed by atoms with Crippen LogP contribution in [0.3, 0.4) is 0 Å². The molecule has 0 bridgehead atoms. The number of anilines is 3. The molecular weight excluding hydrogens is 797 g/mol. The number of furan rings is 1. The first-order valence-corrected chi connectivity index (χ1v) is 22.6. The highest BCUT2D eigenvalue weighted by atomic mass is 32.1. The summed E-state index contributed by atoms with van der Waals surface area (Å²) >= 11 is 1.85. The molecule has 10 aromatic carbocycles. The molecule has 13 rings (SSSR count). The van der Waals surface area contributed by atoms with E-state index in [1.807, 2.05) is 11.3 Å². The molecule has 13 aromatic rings. The highest BCUT2D eigenvalue weighted by molar-refractivity contribution is 7.25. The Balaban J connectivity index is 1.06. The maximum absolute atomic E-state index is 6.76. The van der Waals surface area contributed by atoms with Crippen LogP contribution in [0.4, 0.5) is 17.1 Å². The average molecular weight is 835 g/mol. The molecule has 300 valence electrons. The molecule has 0 N–H and O–H groups in total. The molecule has 0 spiro atoms. The summed E-state index contributed by atoms with van der Waals surface area (Å²) in [5.74, 6) is 0. The Morgan fingerprint density at radius 2 is 0.969 bits per heavy atom. The molecule has 0 radical (unpaired) electrons. The Morgan fingerprint density at radius 3 is 1.75 bits per heavy atom. The number of hydrogen-bond acceptors (Lipinski definition) is 3. The van der Waals surface area contributed by atoms with Crippen molar-refractivity contribution in [2.24, 2.45) is 0 Å². The first kappa shape index (κ1) is 36.5. The van der Waals surface area contributed by atoms with E-state index >= 15 is 0 Å². The van der Waals surface area contributed by atoms with Crippen molar-refractivity contribution in [3.63, 3.8) is 0 Å². The van der Waals surface area contributed by atoms with E-state index in [1.54, 1.807) is 0 Å². The van der Waals surface area contributed by atoms with Crippen molar-refractivity contribution in [3.8, 4) is 39.1 Å². The van der Waals surface area contributed by atoms with Gasteiger partial charge in [0, 0.05) is 81.7 Å². The van der Waals surface area contributed by atoms with E-state index < -0.39 is 0 Å². The number of hydrogen-bond donors (Lipinski definition) is 0. The predicted octanol–water partition coefficient (Wildman–Crippen LogP) is 17.5. The second-order valence-corrected chi connectivity index (χ2v) is 17.5. The Bertz CT molecular complexity index is 3870. The third kappa shape index (κ3) is 5.81. The molecule has 0 aliphatic rings. The largest absolute Gasteiger partial charge is 0.456 e. The predicted molar refractivity (Wildman–Crippen MR) is 272 cm³/mol. The van der Waals surface area contributed by atoms with E-state index in [9.17, 15) is 0 Å². The molecule has 0 aliphatic carbocycles. The first-order valence-electron chi connectivity index (χ1n) is 21.7. The lowest BCUT2D eigenvalue weighted by Gasteiger charge is -2.26. The van der Waals surface area contributed by atoms with E-state index in [2.05, 4.69) is 240 Å². The van der Waals surface area contributed by atoms with Crippen LogP contribution in [0.1, 0.15) is 0 Å². The van der Waals surface area contributed by atoms with Gasteiger partial charge in [0.25, 0.3) is 0 Å². The number of rotatable bonds is 7. The summed E-state index contributed by atoms with van der Waals surface area (Å²) in [5.41, 5.74) is 15.4. The normalized spacial score (nSPS) is 11.8. The molecule has 3 aromatic heterocycles. The fourth-order valence-corrected chi connectivity index (χ4v) is 11.1. The maximum Gasteiger partial charge on any atom is 0.138 e. The van der Waals surface area contributed by atoms with Crippen LogP contribution in [0, 0.1) is 0 Å². The summed E-state index contributed by atoms with van der Waals surface area (Å²) in [4.78, 5) is 2.37. The van der Waals surface area contributed by atoms with E-state index in [0.717, 1.165) is 66.8 Å². The van der Waals surface area contributed by atoms with Gasteiger partial charge in [-0.25, -0.2) is 0 Å². The number of para-hydroxylation sites is 3. The highest BCUT2D eigenvalue weighted by Gasteiger charge is 2.25. The SMILES string of the molecule is c1ccc(-c2ccc(-c3cccc4c5c(-c6ccccc6)c6c(cc5n(-c5ccc(N(c7ccccc7)c7ccc8c(c7)sc7ccccc78)cc5)c34)oc3ccccc36)cc2)cc1. The van der Waals surface area contributed by atoms with Crippen molar-refractivity contribution < 1.29 is 4.42 Å². The van der Waals surface area contributed by atoms with Crippen molar-refractivity contribution in [2.45, 2.75) is 0 Å². The van der Waals surface area contributed by atoms with Crippen molar-refractivity contribution in [1.29, 1.82) is 0 Å². The fraction of sp³-hybridized carbons (Fsp3) is 0. The van der Waals surface area contributed by atoms with E-state index in [-0.39, 0.29) is 0 Å². The smallest absolute Gasteiger partial charge is 0.138 e. The van der Waals surface area contributed by atoms with Crippen LogP contribution in [-0.4, -0.2) is 4.57 Å². The topological polar surface area (TPSA) is 21.3 Å². The van der Waals surface area contributed by atoms with E-state index in [0.29, 0.717) is 0 Å². The van der Waals surface area contributed by atoms with Gasteiger partial charge in [-0.15, -0.1) is 11.3 Å². The number of nitrogens with zero attached hydrogens (tertiary/aromatic N) is 2. The summed E-state index contributed by atoms with van der Waals surface area (Å²) < 4.78 is 11.8. The lowest BCUT2D eigenvalue weighted by molar-refractivity contribution is 0.669. The monoisotopic (exact) mass is 834 g/mol. The summed E-state index contributed by atoms with van der Waals surface area (Å²) in [6, 6.07) is 83.3. The standard InChI is InChI=1S/C60H38N2OS/c1-4-15-39(16-5-1)40-27-29-41(30-28-40)47-23-14-24-51-58-52(38-54-59(50-22-10-12-25-53(50)63-54)57(58)42-17-6-2-7-18-42)62(60(47)51)45-33-31-44(32-34-45)61(43-19-8-3-9-20-43)46-35-36-49-48-21-11-13-26-55(48)64-56(49)37-46/h1-38H. The third-order valence-electron chi connectivity index (χ3n) is 12.8. The first-order chi connectivity index (χ1) is 31.7. The zero-order chi connectivity index (χ0) is 42.1. The zero-order valence-electron chi connectivity index (χ0n) is 34.7. The molecule has 0 saturated carbocycles. The lowest BCUT2D eigenvalue weighted by Crippen LogP contribution is -2.09. The minimum Gasteiger partial charge on any atom is -0.456 e. The van der Waals surface area contributed by atoms with Crippen LogP contribution >= 0.6 is 11.3 Å². The van der Waals surface area contributed by atoms with Gasteiger partial charge in [0.15, 0.2) is 0 Å². The van der Waals surface area contributed by atoms with Gasteiger partial charge in [-0.05, 0) is 82.9 Å². The number of aromatic nitrogens is 1. The Morgan fingerprint density at radius 1 is 0.375 bits per heavy atom. The summed E-state index contributed by atoms with van der Waals surface area (Å²) in [5, 5.41) is 7.24. The van der Waals surface area contributed by atoms with E-state index in [4.69, 9.17) is 4.42 Å². The molecule has 64 heavy (non-hydrogen) atoms. The van der Waals surface area contributed by atoms with Crippen molar-refractivity contribution in [1.82, 2.24) is 4.57 Å². The number of benzene rings is 10. The molecular formula is C60H38N2OS. The quantitative estimate of drug-likeness (QED) is 0.159. The van der Waals surface area contributed by atoms with Gasteiger partial charge in [0.05, 0.1) is 11.0 Å².